The maximum Gasteiger partial charge on any atom is 0.164 e. The van der Waals surface area contributed by atoms with Gasteiger partial charge in [0, 0.05) is 6.54 Å². The zero-order chi connectivity index (χ0) is 14.3. The van der Waals surface area contributed by atoms with Crippen LogP contribution in [-0.4, -0.2) is 16.7 Å². The first-order valence-electron chi connectivity index (χ1n) is 7.23. The van der Waals surface area contributed by atoms with Gasteiger partial charge in [0.05, 0.1) is 11.3 Å². The fourth-order valence-corrected chi connectivity index (χ4v) is 3.01. The van der Waals surface area contributed by atoms with Gasteiger partial charge in [0.1, 0.15) is 5.00 Å². The average Bonchev–Trinajstić information content (AvgIpc) is 2.69. The van der Waals surface area contributed by atoms with Crippen molar-refractivity contribution in [1.82, 2.24) is 4.37 Å². The van der Waals surface area contributed by atoms with Crippen molar-refractivity contribution in [2.45, 2.75) is 59.8 Å². The summed E-state index contributed by atoms with van der Waals surface area (Å²) in [5.41, 5.74) is 1.61. The van der Waals surface area contributed by atoms with Gasteiger partial charge in [0.2, 0.25) is 0 Å². The summed E-state index contributed by atoms with van der Waals surface area (Å²) in [7, 11) is 0. The smallest absolute Gasteiger partial charge is 0.164 e. The highest BCUT2D eigenvalue weighted by molar-refractivity contribution is 7.10. The normalized spacial score (nSPS) is 11.0. The molecule has 0 fully saturated rings. The van der Waals surface area contributed by atoms with E-state index in [0.29, 0.717) is 0 Å². The molecule has 4 heteroatoms. The molecule has 0 amide bonds. The first-order valence-corrected chi connectivity index (χ1v) is 8.00. The van der Waals surface area contributed by atoms with Gasteiger partial charge >= 0.3 is 0 Å². The standard InChI is InChI=1S/C15H26N2OS/c1-11(2)9-7-5-6-8-10-16-15-14(13(4)18)12(3)17-19-15/h11,16H,5-10H2,1-4H3. The number of unbranched alkanes of at least 4 members (excludes halogenated alkanes) is 3. The van der Waals surface area contributed by atoms with Gasteiger partial charge in [-0.3, -0.25) is 4.79 Å². The van der Waals surface area contributed by atoms with E-state index in [1.165, 1.54) is 37.2 Å². The number of carbonyl (C=O) groups excluding carboxylic acids is 1. The minimum Gasteiger partial charge on any atom is -0.375 e. The molecule has 0 saturated carbocycles. The number of nitrogens with one attached hydrogen (secondary N) is 1. The van der Waals surface area contributed by atoms with Crippen molar-refractivity contribution >= 4 is 22.3 Å². The molecule has 0 aliphatic rings. The number of Topliss-reactive ketones (excluding diaryl/α,β-unsaturated/α-hetero) is 1. The molecule has 1 N–H and O–H groups in total. The van der Waals surface area contributed by atoms with Crippen LogP contribution < -0.4 is 5.32 Å². The van der Waals surface area contributed by atoms with Crippen molar-refractivity contribution in [3.8, 4) is 0 Å². The van der Waals surface area contributed by atoms with Crippen molar-refractivity contribution in [3.63, 3.8) is 0 Å². The Morgan fingerprint density at radius 3 is 2.58 bits per heavy atom. The Labute approximate surface area is 121 Å². The predicted octanol–water partition coefficient (Wildman–Crippen LogP) is 4.67. The molecule has 1 aromatic heterocycles. The lowest BCUT2D eigenvalue weighted by atomic mass is 10.0. The number of carbonyl (C=O) groups is 1. The monoisotopic (exact) mass is 282 g/mol. The van der Waals surface area contributed by atoms with Crippen LogP contribution in [0.4, 0.5) is 5.00 Å². The first kappa shape index (κ1) is 16.2. The topological polar surface area (TPSA) is 42.0 Å². The molecule has 0 saturated heterocycles. The van der Waals surface area contributed by atoms with Gasteiger partial charge in [-0.05, 0) is 37.7 Å². The quantitative estimate of drug-likeness (QED) is 0.528. The maximum atomic E-state index is 11.5. The Hall–Kier alpha value is -0.900. The lowest BCUT2D eigenvalue weighted by Crippen LogP contribution is -2.04. The molecule has 0 spiro atoms. The molecule has 108 valence electrons. The van der Waals surface area contributed by atoms with E-state index >= 15 is 0 Å². The second-order valence-electron chi connectivity index (χ2n) is 5.55. The Morgan fingerprint density at radius 2 is 1.95 bits per heavy atom. The number of aromatic nitrogens is 1. The number of ketones is 1. The second-order valence-corrected chi connectivity index (χ2v) is 6.33. The zero-order valence-electron chi connectivity index (χ0n) is 12.6. The van der Waals surface area contributed by atoms with Crippen LogP contribution in [0.2, 0.25) is 0 Å². The highest BCUT2D eigenvalue weighted by Crippen LogP contribution is 2.24. The van der Waals surface area contributed by atoms with Crippen molar-refractivity contribution in [3.05, 3.63) is 11.3 Å². The summed E-state index contributed by atoms with van der Waals surface area (Å²) in [5.74, 6) is 0.919. The maximum absolute atomic E-state index is 11.5. The fourth-order valence-electron chi connectivity index (χ4n) is 2.14. The Kier molecular flexibility index (Phi) is 7.06. The SMILES string of the molecule is CC(=O)c1c(C)nsc1NCCCCCCC(C)C. The molecule has 0 aromatic carbocycles. The minimum atomic E-state index is 0.102. The summed E-state index contributed by atoms with van der Waals surface area (Å²) in [6.07, 6.45) is 6.38. The molecule has 0 unspecified atom stereocenters. The van der Waals surface area contributed by atoms with E-state index in [9.17, 15) is 4.79 Å². The van der Waals surface area contributed by atoms with E-state index in [0.717, 1.165) is 35.1 Å². The van der Waals surface area contributed by atoms with Crippen LogP contribution in [0.5, 0.6) is 0 Å². The lowest BCUT2D eigenvalue weighted by Gasteiger charge is -2.06. The summed E-state index contributed by atoms with van der Waals surface area (Å²) in [4.78, 5) is 11.5. The molecular formula is C15H26N2OS. The largest absolute Gasteiger partial charge is 0.375 e. The summed E-state index contributed by atoms with van der Waals surface area (Å²) < 4.78 is 4.24. The van der Waals surface area contributed by atoms with E-state index in [1.54, 1.807) is 6.92 Å². The van der Waals surface area contributed by atoms with Gasteiger partial charge in [-0.2, -0.15) is 4.37 Å². The van der Waals surface area contributed by atoms with E-state index in [4.69, 9.17) is 0 Å². The molecular weight excluding hydrogens is 256 g/mol. The molecule has 0 aliphatic heterocycles. The van der Waals surface area contributed by atoms with Gasteiger partial charge in [-0.1, -0.05) is 39.5 Å². The van der Waals surface area contributed by atoms with E-state index in [-0.39, 0.29) is 5.78 Å². The number of hydrogen-bond donors (Lipinski definition) is 1. The molecule has 1 heterocycles. The van der Waals surface area contributed by atoms with Crippen LogP contribution in [0.15, 0.2) is 0 Å². The van der Waals surface area contributed by atoms with Crippen LogP contribution in [0, 0.1) is 12.8 Å². The van der Waals surface area contributed by atoms with Crippen LogP contribution in [0.25, 0.3) is 0 Å². The summed E-state index contributed by atoms with van der Waals surface area (Å²) in [6.45, 7) is 8.98. The number of anilines is 1. The predicted molar refractivity (Wildman–Crippen MR) is 83.3 cm³/mol. The Bertz CT molecular complexity index is 399. The first-order chi connectivity index (χ1) is 9.02. The van der Waals surface area contributed by atoms with E-state index in [1.807, 2.05) is 6.92 Å². The van der Waals surface area contributed by atoms with Crippen LogP contribution in [0.3, 0.4) is 0 Å². The van der Waals surface area contributed by atoms with E-state index < -0.39 is 0 Å². The van der Waals surface area contributed by atoms with Crippen LogP contribution >= 0.6 is 11.5 Å². The minimum absolute atomic E-state index is 0.102. The molecule has 3 nitrogen and oxygen atoms in total. The summed E-state index contributed by atoms with van der Waals surface area (Å²) in [6, 6.07) is 0. The Balaban J connectivity index is 2.21. The lowest BCUT2D eigenvalue weighted by molar-refractivity contribution is 0.101. The van der Waals surface area contributed by atoms with Gasteiger partial charge in [0.25, 0.3) is 0 Å². The molecule has 1 rings (SSSR count). The Morgan fingerprint density at radius 1 is 1.26 bits per heavy atom. The van der Waals surface area contributed by atoms with Crippen molar-refractivity contribution in [2.24, 2.45) is 5.92 Å². The van der Waals surface area contributed by atoms with Crippen molar-refractivity contribution < 1.29 is 4.79 Å². The molecule has 0 aliphatic carbocycles. The average molecular weight is 282 g/mol. The third-order valence-electron chi connectivity index (χ3n) is 3.21. The van der Waals surface area contributed by atoms with Crippen LogP contribution in [0.1, 0.15) is 68.9 Å². The number of aryl methyl sites for hydroxylation is 1. The highest BCUT2D eigenvalue weighted by Gasteiger charge is 2.13. The molecule has 19 heavy (non-hydrogen) atoms. The second kappa shape index (κ2) is 8.31. The van der Waals surface area contributed by atoms with Gasteiger partial charge in [-0.15, -0.1) is 0 Å². The van der Waals surface area contributed by atoms with Crippen LogP contribution in [-0.2, 0) is 0 Å². The highest BCUT2D eigenvalue weighted by atomic mass is 32.1. The van der Waals surface area contributed by atoms with E-state index in [2.05, 4.69) is 23.5 Å². The third kappa shape index (κ3) is 5.72. The summed E-state index contributed by atoms with van der Waals surface area (Å²) in [5, 5.41) is 4.29. The van der Waals surface area contributed by atoms with Crippen molar-refractivity contribution in [2.75, 3.05) is 11.9 Å². The molecule has 0 bridgehead atoms. The summed E-state index contributed by atoms with van der Waals surface area (Å²) >= 11 is 1.39. The number of hydrogen-bond acceptors (Lipinski definition) is 4. The van der Waals surface area contributed by atoms with Gasteiger partial charge in [0.15, 0.2) is 5.78 Å². The zero-order valence-corrected chi connectivity index (χ0v) is 13.4. The molecule has 0 radical (unpaired) electrons. The fraction of sp³-hybridized carbons (Fsp3) is 0.733. The van der Waals surface area contributed by atoms with Gasteiger partial charge < -0.3 is 5.32 Å². The van der Waals surface area contributed by atoms with Crippen molar-refractivity contribution in [1.29, 1.82) is 0 Å². The van der Waals surface area contributed by atoms with Gasteiger partial charge in [-0.25, -0.2) is 0 Å². The number of rotatable bonds is 9. The third-order valence-corrected chi connectivity index (χ3v) is 4.10. The molecule has 1 aromatic rings. The number of nitrogens with zero attached hydrogens (tertiary/aromatic N) is 1. The molecule has 0 atom stereocenters.